The molecule has 0 saturated heterocycles. The Morgan fingerprint density at radius 1 is 1.30 bits per heavy atom. The molecule has 112 valence electrons. The predicted octanol–water partition coefficient (Wildman–Crippen LogP) is 3.96. The highest BCUT2D eigenvalue weighted by molar-refractivity contribution is 6.48. The van der Waals surface area contributed by atoms with Crippen LogP contribution in [0.25, 0.3) is 5.57 Å². The molecule has 0 saturated carbocycles. The maximum atomic E-state index is 13.0. The summed E-state index contributed by atoms with van der Waals surface area (Å²) in [6, 6.07) is 6.37. The highest BCUT2D eigenvalue weighted by Crippen LogP contribution is 2.31. The predicted molar refractivity (Wildman–Crippen MR) is 84.4 cm³/mol. The molecule has 4 heteroatoms. The van der Waals surface area contributed by atoms with E-state index < -0.39 is 15.3 Å². The van der Waals surface area contributed by atoms with Crippen molar-refractivity contribution >= 4 is 14.6 Å². The fraction of sp³-hybridized carbons (Fsp3) is 0.500. The molecular weight excluding hydrogens is 271 g/mol. The van der Waals surface area contributed by atoms with Gasteiger partial charge in [-0.2, -0.15) is 0 Å². The summed E-state index contributed by atoms with van der Waals surface area (Å²) in [6.45, 7) is 10.4. The highest BCUT2D eigenvalue weighted by atomic mass is 28.3. The first-order valence-corrected chi connectivity index (χ1v) is 9.75. The van der Waals surface area contributed by atoms with Gasteiger partial charge >= 0.3 is 0 Å². The van der Waals surface area contributed by atoms with Crippen LogP contribution in [0.3, 0.4) is 0 Å². The quantitative estimate of drug-likeness (QED) is 0.658. The van der Waals surface area contributed by atoms with E-state index in [1.807, 2.05) is 13.1 Å². The zero-order valence-electron chi connectivity index (χ0n) is 13.0. The van der Waals surface area contributed by atoms with Crippen LogP contribution in [-0.4, -0.2) is 20.4 Å². The van der Waals surface area contributed by atoms with Crippen molar-refractivity contribution in [2.24, 2.45) is 5.41 Å². The smallest absolute Gasteiger partial charge is 0.174 e. The molecule has 0 bridgehead atoms. The molecule has 1 atom stereocenters. The highest BCUT2D eigenvalue weighted by Gasteiger charge is 2.16. The fourth-order valence-electron chi connectivity index (χ4n) is 1.98. The van der Waals surface area contributed by atoms with Gasteiger partial charge in [0.15, 0.2) is 15.3 Å². The Bertz CT molecular complexity index is 447. The molecule has 0 aliphatic heterocycles. The Labute approximate surface area is 123 Å². The monoisotopic (exact) mass is 296 g/mol. The van der Waals surface area contributed by atoms with E-state index in [2.05, 4.69) is 20.8 Å². The van der Waals surface area contributed by atoms with Crippen LogP contribution in [0.5, 0.6) is 0 Å². The summed E-state index contributed by atoms with van der Waals surface area (Å²) < 4.78 is 18.5. The normalized spacial score (nSPS) is 14.7. The second-order valence-electron chi connectivity index (χ2n) is 6.51. The van der Waals surface area contributed by atoms with E-state index in [0.717, 1.165) is 17.6 Å². The van der Waals surface area contributed by atoms with E-state index in [-0.39, 0.29) is 11.2 Å². The number of halogens is 1. The average Bonchev–Trinajstić information content (AvgIpc) is 2.25. The summed E-state index contributed by atoms with van der Waals surface area (Å²) in [7, 11) is -1.30. The maximum Gasteiger partial charge on any atom is 0.174 e. The molecule has 0 heterocycles. The lowest BCUT2D eigenvalue weighted by Crippen LogP contribution is -2.19. The molecule has 1 unspecified atom stereocenters. The summed E-state index contributed by atoms with van der Waals surface area (Å²) in [5.74, 6) is -0.254. The lowest BCUT2D eigenvalue weighted by atomic mass is 9.85. The van der Waals surface area contributed by atoms with Crippen molar-refractivity contribution in [1.29, 1.82) is 0 Å². The SMILES string of the molecule is C[SiH](C)OC(O)C=C(CC(C)(C)C)c1ccc(F)cc1. The largest absolute Gasteiger partial charge is 0.393 e. The second kappa shape index (κ2) is 7.15. The van der Waals surface area contributed by atoms with Crippen molar-refractivity contribution < 1.29 is 13.9 Å². The van der Waals surface area contributed by atoms with Gasteiger partial charge in [-0.1, -0.05) is 32.9 Å². The Hall–Kier alpha value is -0.973. The average molecular weight is 296 g/mol. The number of aliphatic hydroxyl groups excluding tert-OH is 1. The topological polar surface area (TPSA) is 29.5 Å². The van der Waals surface area contributed by atoms with Crippen LogP contribution < -0.4 is 0 Å². The van der Waals surface area contributed by atoms with Crippen molar-refractivity contribution in [3.05, 3.63) is 41.7 Å². The van der Waals surface area contributed by atoms with Gasteiger partial charge in [-0.05, 0) is 54.3 Å². The molecule has 0 aromatic heterocycles. The van der Waals surface area contributed by atoms with Crippen LogP contribution in [0.15, 0.2) is 30.3 Å². The minimum Gasteiger partial charge on any atom is -0.393 e. The standard InChI is InChI=1S/C16H25FO2Si/c1-16(2,3)11-13(10-15(18)19-20(4)5)12-6-8-14(17)9-7-12/h6-10,15,18,20H,11H2,1-5H3. The third-order valence-corrected chi connectivity index (χ3v) is 3.51. The number of benzene rings is 1. The van der Waals surface area contributed by atoms with E-state index in [0.29, 0.717) is 0 Å². The second-order valence-corrected chi connectivity index (χ2v) is 8.88. The van der Waals surface area contributed by atoms with Crippen molar-refractivity contribution in [3.8, 4) is 0 Å². The third-order valence-electron chi connectivity index (χ3n) is 2.69. The zero-order chi connectivity index (χ0) is 15.3. The van der Waals surface area contributed by atoms with Crippen LogP contribution in [-0.2, 0) is 4.43 Å². The van der Waals surface area contributed by atoms with Crippen molar-refractivity contribution in [3.63, 3.8) is 0 Å². The number of rotatable bonds is 5. The summed E-state index contributed by atoms with van der Waals surface area (Å²) in [5.41, 5.74) is 1.99. The number of hydrogen-bond donors (Lipinski definition) is 1. The van der Waals surface area contributed by atoms with E-state index in [1.54, 1.807) is 18.2 Å². The van der Waals surface area contributed by atoms with Crippen molar-refractivity contribution in [2.75, 3.05) is 0 Å². The molecule has 1 aromatic carbocycles. The number of allylic oxidation sites excluding steroid dienone is 1. The van der Waals surface area contributed by atoms with Crippen LogP contribution in [0.2, 0.25) is 13.1 Å². The van der Waals surface area contributed by atoms with E-state index in [1.165, 1.54) is 12.1 Å². The molecule has 2 nitrogen and oxygen atoms in total. The van der Waals surface area contributed by atoms with Gasteiger partial charge in [-0.25, -0.2) is 4.39 Å². The van der Waals surface area contributed by atoms with E-state index in [4.69, 9.17) is 4.43 Å². The molecule has 0 aliphatic rings. The van der Waals surface area contributed by atoms with Gasteiger partial charge in [0.25, 0.3) is 0 Å². The van der Waals surface area contributed by atoms with Crippen molar-refractivity contribution in [2.45, 2.75) is 46.6 Å². The molecule has 1 N–H and O–H groups in total. The molecule has 0 aliphatic carbocycles. The van der Waals surface area contributed by atoms with Gasteiger partial charge in [-0.15, -0.1) is 0 Å². The van der Waals surface area contributed by atoms with Gasteiger partial charge in [0.05, 0.1) is 0 Å². The van der Waals surface area contributed by atoms with Crippen LogP contribution in [0.1, 0.15) is 32.8 Å². The lowest BCUT2D eigenvalue weighted by Gasteiger charge is -2.22. The third kappa shape index (κ3) is 6.46. The van der Waals surface area contributed by atoms with Gasteiger partial charge in [-0.3, -0.25) is 0 Å². The minimum atomic E-state index is -1.30. The molecule has 0 spiro atoms. The van der Waals surface area contributed by atoms with Crippen molar-refractivity contribution in [1.82, 2.24) is 0 Å². The first-order valence-electron chi connectivity index (χ1n) is 6.97. The molecule has 0 fully saturated rings. The Morgan fingerprint density at radius 2 is 1.85 bits per heavy atom. The van der Waals surface area contributed by atoms with Crippen LogP contribution in [0.4, 0.5) is 4.39 Å². The van der Waals surface area contributed by atoms with Gasteiger partial charge in [0.2, 0.25) is 0 Å². The van der Waals surface area contributed by atoms with Gasteiger partial charge in [0.1, 0.15) is 5.82 Å². The Kier molecular flexibility index (Phi) is 6.11. The molecular formula is C16H25FO2Si. The van der Waals surface area contributed by atoms with E-state index in [9.17, 15) is 9.50 Å². The first-order chi connectivity index (χ1) is 9.17. The molecule has 1 rings (SSSR count). The summed E-state index contributed by atoms with van der Waals surface area (Å²) >= 11 is 0. The molecule has 1 aromatic rings. The Balaban J connectivity index is 3.01. The minimum absolute atomic E-state index is 0.0786. The molecule has 20 heavy (non-hydrogen) atoms. The van der Waals surface area contributed by atoms with Crippen LogP contribution in [0, 0.1) is 11.2 Å². The Morgan fingerprint density at radius 3 is 2.30 bits per heavy atom. The lowest BCUT2D eigenvalue weighted by molar-refractivity contribution is 0.0239. The summed E-state index contributed by atoms with van der Waals surface area (Å²) in [5, 5.41) is 9.96. The first kappa shape index (κ1) is 17.1. The summed E-state index contributed by atoms with van der Waals surface area (Å²) in [6.07, 6.45) is 1.65. The van der Waals surface area contributed by atoms with Gasteiger partial charge in [0, 0.05) is 0 Å². The maximum absolute atomic E-state index is 13.0. The number of hydrogen-bond acceptors (Lipinski definition) is 2. The fourth-order valence-corrected chi connectivity index (χ4v) is 2.62. The van der Waals surface area contributed by atoms with Gasteiger partial charge < -0.3 is 9.53 Å². The molecule has 0 radical (unpaired) electrons. The van der Waals surface area contributed by atoms with Crippen LogP contribution >= 0.6 is 0 Å². The zero-order valence-corrected chi connectivity index (χ0v) is 14.1. The number of aliphatic hydroxyl groups is 1. The summed E-state index contributed by atoms with van der Waals surface area (Å²) in [4.78, 5) is 0. The molecule has 0 amide bonds. The van der Waals surface area contributed by atoms with E-state index >= 15 is 0 Å².